The van der Waals surface area contributed by atoms with Gasteiger partial charge < -0.3 is 0 Å². The average Bonchev–Trinajstić information content (AvgIpc) is 2.29. The van der Waals surface area contributed by atoms with Gasteiger partial charge in [-0.2, -0.15) is 13.2 Å². The Labute approximate surface area is 108 Å². The summed E-state index contributed by atoms with van der Waals surface area (Å²) in [5.74, 6) is -1.17. The van der Waals surface area contributed by atoms with Crippen molar-refractivity contribution >= 4 is 26.8 Å². The van der Waals surface area contributed by atoms with E-state index in [1.165, 1.54) is 13.0 Å². The molecular weight excluding hydrogens is 313 g/mol. The minimum atomic E-state index is -4.65. The molecule has 0 bridgehead atoms. The third-order valence-corrected chi connectivity index (χ3v) is 3.15. The molecule has 7 heteroatoms. The van der Waals surface area contributed by atoms with Gasteiger partial charge in [-0.15, -0.1) is 0 Å². The van der Waals surface area contributed by atoms with Crippen molar-refractivity contribution in [3.63, 3.8) is 0 Å². The zero-order chi connectivity index (χ0) is 13.5. The van der Waals surface area contributed by atoms with Gasteiger partial charge >= 0.3 is 6.18 Å². The monoisotopic (exact) mass is 320 g/mol. The van der Waals surface area contributed by atoms with Crippen molar-refractivity contribution in [3.05, 3.63) is 38.9 Å². The van der Waals surface area contributed by atoms with E-state index in [2.05, 4.69) is 20.9 Å². The lowest BCUT2D eigenvalue weighted by atomic mass is 10.2. The number of fused-ring (bicyclic) bond motifs is 1. The van der Waals surface area contributed by atoms with Crippen molar-refractivity contribution in [2.45, 2.75) is 19.6 Å². The lowest BCUT2D eigenvalue weighted by Crippen LogP contribution is -2.29. The average molecular weight is 321 g/mol. The van der Waals surface area contributed by atoms with E-state index in [-0.39, 0.29) is 17.4 Å². The highest BCUT2D eigenvalue weighted by Gasteiger charge is 2.37. The van der Waals surface area contributed by atoms with Crippen molar-refractivity contribution < 1.29 is 13.2 Å². The highest BCUT2D eigenvalue weighted by atomic mass is 79.9. The first-order valence-corrected chi connectivity index (χ1v) is 5.91. The molecule has 18 heavy (non-hydrogen) atoms. The molecule has 1 aromatic carbocycles. The maximum absolute atomic E-state index is 12.8. The predicted molar refractivity (Wildman–Crippen MR) is 64.4 cm³/mol. The number of nitrogens with zero attached hydrogens (tertiary/aromatic N) is 2. The number of alkyl halides is 3. The molecule has 0 aliphatic heterocycles. The quantitative estimate of drug-likeness (QED) is 0.808. The summed E-state index contributed by atoms with van der Waals surface area (Å²) in [6.45, 7) is 1.39. The smallest absolute Gasteiger partial charge is 0.289 e. The summed E-state index contributed by atoms with van der Waals surface area (Å²) in [4.78, 5) is 15.6. The third kappa shape index (κ3) is 2.03. The zero-order valence-electron chi connectivity index (χ0n) is 9.25. The van der Waals surface area contributed by atoms with Gasteiger partial charge in [0.1, 0.15) is 0 Å². The van der Waals surface area contributed by atoms with Crippen LogP contribution in [0.4, 0.5) is 13.2 Å². The molecule has 0 radical (unpaired) electrons. The summed E-state index contributed by atoms with van der Waals surface area (Å²) in [5.41, 5.74) is -0.657. The van der Waals surface area contributed by atoms with Crippen molar-refractivity contribution in [2.24, 2.45) is 0 Å². The van der Waals surface area contributed by atoms with E-state index in [0.29, 0.717) is 9.04 Å². The summed E-state index contributed by atoms with van der Waals surface area (Å²) in [7, 11) is 0. The molecule has 2 rings (SSSR count). The second kappa shape index (κ2) is 4.38. The van der Waals surface area contributed by atoms with Crippen molar-refractivity contribution in [3.8, 4) is 0 Å². The molecule has 96 valence electrons. The van der Waals surface area contributed by atoms with Crippen LogP contribution in [0.2, 0.25) is 0 Å². The highest BCUT2D eigenvalue weighted by molar-refractivity contribution is 9.10. The van der Waals surface area contributed by atoms with Gasteiger partial charge in [0, 0.05) is 11.0 Å². The third-order valence-electron chi connectivity index (χ3n) is 2.51. The molecule has 0 saturated heterocycles. The summed E-state index contributed by atoms with van der Waals surface area (Å²) < 4.78 is 39.5. The predicted octanol–water partition coefficient (Wildman–Crippen LogP) is 3.20. The van der Waals surface area contributed by atoms with E-state index < -0.39 is 17.6 Å². The molecule has 0 fully saturated rings. The molecule has 1 aromatic heterocycles. The molecule has 2 aromatic rings. The fraction of sp³-hybridized carbons (Fsp3) is 0.273. The van der Waals surface area contributed by atoms with Gasteiger partial charge in [-0.05, 0) is 35.0 Å². The van der Waals surface area contributed by atoms with Crippen LogP contribution >= 0.6 is 15.9 Å². The Bertz CT molecular complexity index is 664. The van der Waals surface area contributed by atoms with Gasteiger partial charge in [0.15, 0.2) is 0 Å². The van der Waals surface area contributed by atoms with Crippen LogP contribution in [0, 0.1) is 0 Å². The molecule has 0 N–H and O–H groups in total. The Hall–Kier alpha value is -1.37. The molecule has 1 heterocycles. The summed E-state index contributed by atoms with van der Waals surface area (Å²) in [6.07, 6.45) is -4.65. The fourth-order valence-corrected chi connectivity index (χ4v) is 2.17. The topological polar surface area (TPSA) is 34.9 Å². The van der Waals surface area contributed by atoms with Crippen LogP contribution < -0.4 is 5.56 Å². The molecule has 0 saturated carbocycles. The number of halogens is 4. The second-order valence-electron chi connectivity index (χ2n) is 3.62. The first kappa shape index (κ1) is 13.1. The Balaban J connectivity index is 2.96. The Morgan fingerprint density at radius 2 is 2.06 bits per heavy atom. The Morgan fingerprint density at radius 1 is 1.39 bits per heavy atom. The Morgan fingerprint density at radius 3 is 2.61 bits per heavy atom. The van der Waals surface area contributed by atoms with Gasteiger partial charge in [-0.3, -0.25) is 9.36 Å². The van der Waals surface area contributed by atoms with E-state index in [0.717, 1.165) is 0 Å². The van der Waals surface area contributed by atoms with Crippen LogP contribution in [0.25, 0.3) is 10.9 Å². The largest absolute Gasteiger partial charge is 0.449 e. The molecule has 0 aliphatic rings. The van der Waals surface area contributed by atoms with Crippen LogP contribution in [-0.2, 0) is 12.7 Å². The lowest BCUT2D eigenvalue weighted by molar-refractivity contribution is -0.147. The van der Waals surface area contributed by atoms with Gasteiger partial charge in [0.05, 0.1) is 10.9 Å². The number of rotatable bonds is 1. The number of para-hydroxylation sites is 1. The maximum atomic E-state index is 12.8. The standard InChI is InChI=1S/C11H8BrF3N2O/c1-2-17-9(18)6-4-3-5-7(12)8(6)16-10(17)11(13,14)15/h3-5H,2H2,1H3. The van der Waals surface area contributed by atoms with Gasteiger partial charge in [-0.25, -0.2) is 4.98 Å². The number of hydrogen-bond acceptors (Lipinski definition) is 2. The number of aromatic nitrogens is 2. The fourth-order valence-electron chi connectivity index (χ4n) is 1.72. The second-order valence-corrected chi connectivity index (χ2v) is 4.47. The molecule has 3 nitrogen and oxygen atoms in total. The molecule has 0 aliphatic carbocycles. The van der Waals surface area contributed by atoms with Crippen molar-refractivity contribution in [1.29, 1.82) is 0 Å². The minimum absolute atomic E-state index is 0.0273. The Kier molecular flexibility index (Phi) is 3.18. The van der Waals surface area contributed by atoms with Crippen LogP contribution in [0.1, 0.15) is 12.7 Å². The minimum Gasteiger partial charge on any atom is -0.289 e. The van der Waals surface area contributed by atoms with Gasteiger partial charge in [0.25, 0.3) is 5.56 Å². The van der Waals surface area contributed by atoms with Crippen LogP contribution in [-0.4, -0.2) is 9.55 Å². The molecule has 0 atom stereocenters. The summed E-state index contributed by atoms with van der Waals surface area (Å²) in [5, 5.41) is 0.166. The van der Waals surface area contributed by atoms with E-state index in [9.17, 15) is 18.0 Å². The van der Waals surface area contributed by atoms with E-state index in [1.54, 1.807) is 12.1 Å². The number of benzene rings is 1. The molecular formula is C11H8BrF3N2O. The first-order valence-electron chi connectivity index (χ1n) is 5.12. The summed E-state index contributed by atoms with van der Waals surface area (Å²) in [6, 6.07) is 4.59. The van der Waals surface area contributed by atoms with Crippen LogP contribution in [0.3, 0.4) is 0 Å². The van der Waals surface area contributed by atoms with Crippen molar-refractivity contribution in [1.82, 2.24) is 9.55 Å². The molecule has 0 unspecified atom stereocenters. The SMILES string of the molecule is CCn1c(C(F)(F)F)nc2c(Br)cccc2c1=O. The van der Waals surface area contributed by atoms with Crippen molar-refractivity contribution in [2.75, 3.05) is 0 Å². The van der Waals surface area contributed by atoms with E-state index in [4.69, 9.17) is 0 Å². The van der Waals surface area contributed by atoms with Crippen LogP contribution in [0.5, 0.6) is 0 Å². The number of hydrogen-bond donors (Lipinski definition) is 0. The van der Waals surface area contributed by atoms with Gasteiger partial charge in [-0.1, -0.05) is 6.07 Å². The molecule has 0 spiro atoms. The summed E-state index contributed by atoms with van der Waals surface area (Å²) >= 11 is 3.10. The lowest BCUT2D eigenvalue weighted by Gasteiger charge is -2.14. The molecule has 0 amide bonds. The zero-order valence-corrected chi connectivity index (χ0v) is 10.8. The van der Waals surface area contributed by atoms with E-state index >= 15 is 0 Å². The van der Waals surface area contributed by atoms with Crippen LogP contribution in [0.15, 0.2) is 27.5 Å². The first-order chi connectivity index (χ1) is 8.36. The van der Waals surface area contributed by atoms with E-state index in [1.807, 2.05) is 0 Å². The van der Waals surface area contributed by atoms with Gasteiger partial charge in [0.2, 0.25) is 5.82 Å². The highest BCUT2D eigenvalue weighted by Crippen LogP contribution is 2.29. The normalized spacial score (nSPS) is 12.1. The maximum Gasteiger partial charge on any atom is 0.449 e.